The van der Waals surface area contributed by atoms with Crippen molar-refractivity contribution in [1.82, 2.24) is 9.97 Å². The summed E-state index contributed by atoms with van der Waals surface area (Å²) in [5.74, 6) is 1.81. The maximum absolute atomic E-state index is 5.62. The van der Waals surface area contributed by atoms with E-state index in [0.717, 1.165) is 18.9 Å². The zero-order valence-electron chi connectivity index (χ0n) is 10.2. The maximum Gasteiger partial charge on any atom is 0.149 e. The Hall–Kier alpha value is -1.36. The summed E-state index contributed by atoms with van der Waals surface area (Å²) in [6.45, 7) is 6.72. The van der Waals surface area contributed by atoms with Crippen LogP contribution in [0.25, 0.3) is 0 Å². The third kappa shape index (κ3) is 4.02. The Morgan fingerprint density at radius 1 is 1.44 bits per heavy atom. The molecule has 0 radical (unpaired) electrons. The van der Waals surface area contributed by atoms with Gasteiger partial charge in [-0.1, -0.05) is 13.8 Å². The molecule has 0 aliphatic carbocycles. The first-order valence-electron chi connectivity index (χ1n) is 5.45. The van der Waals surface area contributed by atoms with Crippen LogP contribution in [0.15, 0.2) is 12.4 Å². The van der Waals surface area contributed by atoms with Gasteiger partial charge in [0.05, 0.1) is 19.0 Å². The minimum atomic E-state index is 0.448. The van der Waals surface area contributed by atoms with Gasteiger partial charge in [0.25, 0.3) is 0 Å². The highest BCUT2D eigenvalue weighted by Gasteiger charge is 2.10. The number of aromatic nitrogens is 2. The fourth-order valence-electron chi connectivity index (χ4n) is 1.46. The zero-order chi connectivity index (χ0) is 12.0. The quantitative estimate of drug-likeness (QED) is 0.785. The van der Waals surface area contributed by atoms with Crippen LogP contribution in [0.5, 0.6) is 0 Å². The van der Waals surface area contributed by atoms with Gasteiger partial charge in [0.1, 0.15) is 11.6 Å². The molecule has 90 valence electrons. The lowest BCUT2D eigenvalue weighted by atomic mass is 10.2. The van der Waals surface area contributed by atoms with Crippen LogP contribution in [0, 0.1) is 5.92 Å². The fraction of sp³-hybridized carbons (Fsp3) is 0.636. The van der Waals surface area contributed by atoms with Crippen molar-refractivity contribution in [3.05, 3.63) is 12.4 Å². The van der Waals surface area contributed by atoms with E-state index < -0.39 is 0 Å². The summed E-state index contributed by atoms with van der Waals surface area (Å²) in [4.78, 5) is 10.5. The van der Waals surface area contributed by atoms with Crippen molar-refractivity contribution in [2.75, 3.05) is 37.4 Å². The third-order valence-electron chi connectivity index (χ3n) is 2.12. The molecule has 0 unspecified atom stereocenters. The van der Waals surface area contributed by atoms with Crippen molar-refractivity contribution >= 4 is 11.6 Å². The second-order valence-electron chi connectivity index (χ2n) is 4.13. The lowest BCUT2D eigenvalue weighted by molar-refractivity contribution is 0.204. The first kappa shape index (κ1) is 12.7. The predicted octanol–water partition coefficient (Wildman–Crippen LogP) is 1.17. The summed E-state index contributed by atoms with van der Waals surface area (Å²) < 4.78 is 5.08. The molecule has 1 rings (SSSR count). The molecule has 0 aliphatic heterocycles. The van der Waals surface area contributed by atoms with Crippen molar-refractivity contribution in [3.63, 3.8) is 0 Å². The smallest absolute Gasteiger partial charge is 0.149 e. The van der Waals surface area contributed by atoms with Gasteiger partial charge < -0.3 is 15.4 Å². The maximum atomic E-state index is 5.62. The van der Waals surface area contributed by atoms with Crippen LogP contribution >= 0.6 is 0 Å². The van der Waals surface area contributed by atoms with E-state index >= 15 is 0 Å². The number of ether oxygens (including phenoxy) is 1. The first-order valence-corrected chi connectivity index (χ1v) is 5.45. The zero-order valence-corrected chi connectivity index (χ0v) is 10.2. The SMILES string of the molecule is COCCN(CC(C)C)c1cncc(N)n1. The topological polar surface area (TPSA) is 64.3 Å². The summed E-state index contributed by atoms with van der Waals surface area (Å²) >= 11 is 0. The number of hydrogen-bond acceptors (Lipinski definition) is 5. The minimum Gasteiger partial charge on any atom is -0.383 e. The molecule has 0 aliphatic rings. The van der Waals surface area contributed by atoms with Crippen LogP contribution in [0.3, 0.4) is 0 Å². The second kappa shape index (κ2) is 6.27. The normalized spacial score (nSPS) is 10.8. The van der Waals surface area contributed by atoms with Gasteiger partial charge in [0.2, 0.25) is 0 Å². The first-order chi connectivity index (χ1) is 7.63. The largest absolute Gasteiger partial charge is 0.383 e. The van der Waals surface area contributed by atoms with Gasteiger partial charge in [0.15, 0.2) is 0 Å². The molecular formula is C11H20N4O. The van der Waals surface area contributed by atoms with Crippen LogP contribution in [0.1, 0.15) is 13.8 Å². The molecule has 1 aromatic rings. The molecule has 5 nitrogen and oxygen atoms in total. The number of nitrogens with two attached hydrogens (primary N) is 1. The van der Waals surface area contributed by atoms with Crippen LogP contribution < -0.4 is 10.6 Å². The Kier molecular flexibility index (Phi) is 4.98. The summed E-state index contributed by atoms with van der Waals surface area (Å²) in [6, 6.07) is 0. The van der Waals surface area contributed by atoms with Gasteiger partial charge >= 0.3 is 0 Å². The van der Waals surface area contributed by atoms with Gasteiger partial charge in [-0.15, -0.1) is 0 Å². The van der Waals surface area contributed by atoms with Crippen molar-refractivity contribution in [2.45, 2.75) is 13.8 Å². The van der Waals surface area contributed by atoms with E-state index in [1.165, 1.54) is 0 Å². The van der Waals surface area contributed by atoms with E-state index in [2.05, 4.69) is 28.7 Å². The van der Waals surface area contributed by atoms with Crippen molar-refractivity contribution in [2.24, 2.45) is 5.92 Å². The number of nitrogen functional groups attached to an aromatic ring is 1. The Labute approximate surface area is 96.6 Å². The lowest BCUT2D eigenvalue weighted by Crippen LogP contribution is -2.31. The Morgan fingerprint density at radius 2 is 2.19 bits per heavy atom. The van der Waals surface area contributed by atoms with Crippen LogP contribution in [0.2, 0.25) is 0 Å². The predicted molar refractivity (Wildman–Crippen MR) is 65.4 cm³/mol. The minimum absolute atomic E-state index is 0.448. The highest BCUT2D eigenvalue weighted by Crippen LogP contribution is 2.12. The van der Waals surface area contributed by atoms with E-state index in [-0.39, 0.29) is 0 Å². The van der Waals surface area contributed by atoms with Gasteiger partial charge in [-0.2, -0.15) is 0 Å². The van der Waals surface area contributed by atoms with Gasteiger partial charge in [-0.05, 0) is 5.92 Å². The summed E-state index contributed by atoms with van der Waals surface area (Å²) in [5, 5.41) is 0. The van der Waals surface area contributed by atoms with Crippen molar-refractivity contribution < 1.29 is 4.74 Å². The molecule has 1 aromatic heterocycles. The van der Waals surface area contributed by atoms with Crippen molar-refractivity contribution in [1.29, 1.82) is 0 Å². The van der Waals surface area contributed by atoms with Gasteiger partial charge in [0, 0.05) is 20.2 Å². The molecule has 0 bridgehead atoms. The van der Waals surface area contributed by atoms with E-state index in [0.29, 0.717) is 18.3 Å². The van der Waals surface area contributed by atoms with Crippen LogP contribution in [0.4, 0.5) is 11.6 Å². The average Bonchev–Trinajstić information content (AvgIpc) is 2.23. The average molecular weight is 224 g/mol. The molecule has 0 saturated heterocycles. The van der Waals surface area contributed by atoms with E-state index in [1.807, 2.05) is 0 Å². The fourth-order valence-corrected chi connectivity index (χ4v) is 1.46. The number of anilines is 2. The standard InChI is InChI=1S/C11H20N4O/c1-9(2)8-15(4-5-16-3)11-7-13-6-10(12)14-11/h6-7,9H,4-5,8H2,1-3H3,(H2,12,14). The molecule has 2 N–H and O–H groups in total. The number of hydrogen-bond donors (Lipinski definition) is 1. The molecular weight excluding hydrogens is 204 g/mol. The highest BCUT2D eigenvalue weighted by atomic mass is 16.5. The van der Waals surface area contributed by atoms with Crippen LogP contribution in [-0.2, 0) is 4.74 Å². The molecule has 16 heavy (non-hydrogen) atoms. The highest BCUT2D eigenvalue weighted by molar-refractivity contribution is 5.41. The summed E-state index contributed by atoms with van der Waals surface area (Å²) in [5.41, 5.74) is 5.62. The molecule has 0 atom stereocenters. The molecule has 0 spiro atoms. The molecule has 0 amide bonds. The summed E-state index contributed by atoms with van der Waals surface area (Å²) in [7, 11) is 1.69. The molecule has 5 heteroatoms. The third-order valence-corrected chi connectivity index (χ3v) is 2.12. The second-order valence-corrected chi connectivity index (χ2v) is 4.13. The van der Waals surface area contributed by atoms with E-state index in [9.17, 15) is 0 Å². The van der Waals surface area contributed by atoms with Gasteiger partial charge in [-0.25, -0.2) is 4.98 Å². The number of nitrogens with zero attached hydrogens (tertiary/aromatic N) is 3. The van der Waals surface area contributed by atoms with Crippen LogP contribution in [-0.4, -0.2) is 36.8 Å². The van der Waals surface area contributed by atoms with E-state index in [1.54, 1.807) is 19.5 Å². The lowest BCUT2D eigenvalue weighted by Gasteiger charge is -2.25. The summed E-state index contributed by atoms with van der Waals surface area (Å²) in [6.07, 6.45) is 3.28. The molecule has 0 fully saturated rings. The van der Waals surface area contributed by atoms with Crippen molar-refractivity contribution in [3.8, 4) is 0 Å². The Bertz CT molecular complexity index is 317. The van der Waals surface area contributed by atoms with Gasteiger partial charge in [-0.3, -0.25) is 4.98 Å². The molecule has 1 heterocycles. The molecule has 0 saturated carbocycles. The number of rotatable bonds is 6. The Morgan fingerprint density at radius 3 is 2.75 bits per heavy atom. The Balaban J connectivity index is 2.74. The molecule has 0 aromatic carbocycles. The van der Waals surface area contributed by atoms with E-state index in [4.69, 9.17) is 10.5 Å². The monoisotopic (exact) mass is 224 g/mol. The number of methoxy groups -OCH3 is 1.